The van der Waals surface area contributed by atoms with Crippen molar-refractivity contribution in [2.45, 2.75) is 30.6 Å². The molecule has 0 saturated carbocycles. The van der Waals surface area contributed by atoms with E-state index in [1.54, 1.807) is 0 Å². The molecule has 0 aliphatic heterocycles. The third-order valence-corrected chi connectivity index (χ3v) is 6.73. The van der Waals surface area contributed by atoms with Gasteiger partial charge in [-0.1, -0.05) is 30.0 Å². The number of carbonyl (C=O) groups is 1. The van der Waals surface area contributed by atoms with Crippen LogP contribution in [0.4, 0.5) is 19.6 Å². The second kappa shape index (κ2) is 8.93. The molecule has 1 aromatic carbocycles. The fourth-order valence-electron chi connectivity index (χ4n) is 2.15. The summed E-state index contributed by atoms with van der Waals surface area (Å²) in [6, 6.07) is 1.40. The second-order valence-electron chi connectivity index (χ2n) is 5.54. The zero-order valence-corrected chi connectivity index (χ0v) is 17.2. The monoisotopic (exact) mass is 436 g/mol. The van der Waals surface area contributed by atoms with Crippen LogP contribution in [0, 0.1) is 11.6 Å². The minimum atomic E-state index is -3.94. The van der Waals surface area contributed by atoms with Crippen molar-refractivity contribution in [3.05, 3.63) is 29.8 Å². The van der Waals surface area contributed by atoms with E-state index in [0.29, 0.717) is 4.34 Å². The molecule has 0 aliphatic carbocycles. The maximum absolute atomic E-state index is 13.5. The lowest BCUT2D eigenvalue weighted by atomic mass is 10.2. The number of sulfonamides is 1. The summed E-state index contributed by atoms with van der Waals surface area (Å²) in [7, 11) is -3.94. The molecule has 0 unspecified atom stereocenters. The van der Waals surface area contributed by atoms with Crippen LogP contribution >= 0.6 is 23.1 Å². The highest BCUT2D eigenvalue weighted by atomic mass is 32.2. The summed E-state index contributed by atoms with van der Waals surface area (Å²) in [6.07, 6.45) is 1.84. The number of rotatable bonds is 8. The number of hydrogen-bond acceptors (Lipinski definition) is 7. The van der Waals surface area contributed by atoms with E-state index in [1.807, 2.05) is 6.92 Å². The predicted octanol–water partition coefficient (Wildman–Crippen LogP) is 3.11. The van der Waals surface area contributed by atoms with Crippen molar-refractivity contribution >= 4 is 49.8 Å². The standard InChI is InChI=1S/C15H18F2N4O3S3/c1-4-7-25-15-20-19-14(26-15)18-13(22)9(2)21(27(3,23)24)10-5-6-11(16)12(17)8-10/h5-6,8-9H,4,7H2,1-3H3,(H,18,19,22)/t9-/m0/s1. The Morgan fingerprint density at radius 3 is 2.63 bits per heavy atom. The lowest BCUT2D eigenvalue weighted by Crippen LogP contribution is -2.45. The van der Waals surface area contributed by atoms with Crippen LogP contribution in [0.25, 0.3) is 0 Å². The fourth-order valence-corrected chi connectivity index (χ4v) is 5.00. The van der Waals surface area contributed by atoms with Crippen molar-refractivity contribution in [2.75, 3.05) is 21.6 Å². The van der Waals surface area contributed by atoms with Gasteiger partial charge in [-0.2, -0.15) is 0 Å². The average molecular weight is 437 g/mol. The minimum absolute atomic E-state index is 0.157. The molecule has 0 bridgehead atoms. The van der Waals surface area contributed by atoms with Gasteiger partial charge in [-0.15, -0.1) is 10.2 Å². The Morgan fingerprint density at radius 1 is 1.33 bits per heavy atom. The number of thioether (sulfide) groups is 1. The van der Waals surface area contributed by atoms with Crippen LogP contribution < -0.4 is 9.62 Å². The Hall–Kier alpha value is -1.79. The first-order valence-corrected chi connectivity index (χ1v) is 11.5. The van der Waals surface area contributed by atoms with Gasteiger partial charge < -0.3 is 0 Å². The Labute approximate surface area is 164 Å². The topological polar surface area (TPSA) is 92.3 Å². The SMILES string of the molecule is CCCSc1nnc(NC(=O)[C@H](C)N(c2ccc(F)c(F)c2)S(C)(=O)=O)s1. The van der Waals surface area contributed by atoms with Crippen molar-refractivity contribution in [3.8, 4) is 0 Å². The first-order chi connectivity index (χ1) is 12.6. The highest BCUT2D eigenvalue weighted by Crippen LogP contribution is 2.27. The third-order valence-electron chi connectivity index (χ3n) is 3.31. The van der Waals surface area contributed by atoms with Crippen molar-refractivity contribution in [2.24, 2.45) is 0 Å². The minimum Gasteiger partial charge on any atom is -0.299 e. The number of hydrogen-bond donors (Lipinski definition) is 1. The fraction of sp³-hybridized carbons (Fsp3) is 0.400. The molecule has 0 saturated heterocycles. The van der Waals surface area contributed by atoms with Crippen LogP contribution in [0.5, 0.6) is 0 Å². The van der Waals surface area contributed by atoms with E-state index in [4.69, 9.17) is 0 Å². The van der Waals surface area contributed by atoms with Crippen LogP contribution in [0.2, 0.25) is 0 Å². The number of carbonyl (C=O) groups excluding carboxylic acids is 1. The van der Waals surface area contributed by atoms with E-state index in [9.17, 15) is 22.0 Å². The summed E-state index contributed by atoms with van der Waals surface area (Å²) >= 11 is 2.67. The van der Waals surface area contributed by atoms with E-state index in [-0.39, 0.29) is 10.8 Å². The number of aromatic nitrogens is 2. The zero-order chi connectivity index (χ0) is 20.2. The van der Waals surface area contributed by atoms with Crippen LogP contribution in [-0.2, 0) is 14.8 Å². The lowest BCUT2D eigenvalue weighted by molar-refractivity contribution is -0.116. The van der Waals surface area contributed by atoms with Crippen LogP contribution in [-0.4, -0.2) is 42.6 Å². The molecule has 12 heteroatoms. The molecule has 7 nitrogen and oxygen atoms in total. The average Bonchev–Trinajstić information content (AvgIpc) is 3.02. The molecule has 1 atom stereocenters. The molecule has 2 aromatic rings. The maximum Gasteiger partial charge on any atom is 0.249 e. The van der Waals surface area contributed by atoms with Crippen molar-refractivity contribution in [1.82, 2.24) is 10.2 Å². The largest absolute Gasteiger partial charge is 0.299 e. The van der Waals surface area contributed by atoms with Gasteiger partial charge in [0, 0.05) is 11.8 Å². The molecule has 0 spiro atoms. The number of amides is 1. The van der Waals surface area contributed by atoms with E-state index >= 15 is 0 Å². The predicted molar refractivity (Wildman–Crippen MR) is 103 cm³/mol. The second-order valence-corrected chi connectivity index (χ2v) is 9.72. The van der Waals surface area contributed by atoms with Gasteiger partial charge in [-0.25, -0.2) is 17.2 Å². The summed E-state index contributed by atoms with van der Waals surface area (Å²) in [5, 5.41) is 10.5. The van der Waals surface area contributed by atoms with Gasteiger partial charge in [0.1, 0.15) is 6.04 Å². The Morgan fingerprint density at radius 2 is 2.04 bits per heavy atom. The summed E-state index contributed by atoms with van der Waals surface area (Å²) in [6.45, 7) is 3.36. The van der Waals surface area contributed by atoms with Gasteiger partial charge in [0.25, 0.3) is 0 Å². The lowest BCUT2D eigenvalue weighted by Gasteiger charge is -2.27. The molecule has 1 N–H and O–H groups in total. The van der Waals surface area contributed by atoms with Crippen LogP contribution in [0.3, 0.4) is 0 Å². The molecule has 148 valence electrons. The number of halogens is 2. The van der Waals surface area contributed by atoms with E-state index in [0.717, 1.165) is 40.9 Å². The van der Waals surface area contributed by atoms with Crippen molar-refractivity contribution in [3.63, 3.8) is 0 Å². The molecular formula is C15H18F2N4O3S3. The summed E-state index contributed by atoms with van der Waals surface area (Å²) in [5.41, 5.74) is -0.157. The molecule has 0 fully saturated rings. The highest BCUT2D eigenvalue weighted by Gasteiger charge is 2.30. The van der Waals surface area contributed by atoms with E-state index in [1.165, 1.54) is 30.0 Å². The van der Waals surface area contributed by atoms with E-state index < -0.39 is 33.6 Å². The third kappa shape index (κ3) is 5.59. The first kappa shape index (κ1) is 21.5. The molecule has 2 rings (SSSR count). The van der Waals surface area contributed by atoms with Gasteiger partial charge >= 0.3 is 0 Å². The highest BCUT2D eigenvalue weighted by molar-refractivity contribution is 8.01. The number of benzene rings is 1. The van der Waals surface area contributed by atoms with Crippen LogP contribution in [0.15, 0.2) is 22.5 Å². The van der Waals surface area contributed by atoms with Gasteiger partial charge in [-0.05, 0) is 25.5 Å². The van der Waals surface area contributed by atoms with Gasteiger partial charge in [0.05, 0.1) is 11.9 Å². The molecule has 1 aromatic heterocycles. The van der Waals surface area contributed by atoms with Gasteiger partial charge in [-0.3, -0.25) is 14.4 Å². The maximum atomic E-state index is 13.5. The van der Waals surface area contributed by atoms with Crippen molar-refractivity contribution < 1.29 is 22.0 Å². The van der Waals surface area contributed by atoms with E-state index in [2.05, 4.69) is 15.5 Å². The summed E-state index contributed by atoms with van der Waals surface area (Å²) < 4.78 is 52.4. The molecule has 1 amide bonds. The van der Waals surface area contributed by atoms with Gasteiger partial charge in [0.2, 0.25) is 21.1 Å². The zero-order valence-electron chi connectivity index (χ0n) is 14.8. The quantitative estimate of drug-likeness (QED) is 0.505. The molecule has 0 aliphatic rings. The Balaban J connectivity index is 2.22. The van der Waals surface area contributed by atoms with Gasteiger partial charge in [0.15, 0.2) is 16.0 Å². The number of nitrogens with zero attached hydrogens (tertiary/aromatic N) is 3. The Kier molecular flexibility index (Phi) is 7.12. The number of anilines is 2. The smallest absolute Gasteiger partial charge is 0.249 e. The first-order valence-electron chi connectivity index (χ1n) is 7.85. The van der Waals surface area contributed by atoms with Crippen molar-refractivity contribution in [1.29, 1.82) is 0 Å². The normalized spacial score (nSPS) is 12.6. The molecular weight excluding hydrogens is 418 g/mol. The summed E-state index contributed by atoms with van der Waals surface area (Å²) in [5.74, 6) is -2.14. The molecule has 0 radical (unpaired) electrons. The Bertz CT molecular complexity index is 921. The molecule has 1 heterocycles. The molecule has 27 heavy (non-hydrogen) atoms. The number of nitrogens with one attached hydrogen (secondary N) is 1. The summed E-state index contributed by atoms with van der Waals surface area (Å²) in [4.78, 5) is 12.5. The van der Waals surface area contributed by atoms with Crippen LogP contribution in [0.1, 0.15) is 20.3 Å².